The van der Waals surface area contributed by atoms with Gasteiger partial charge in [0.15, 0.2) is 0 Å². The second-order valence-electron chi connectivity index (χ2n) is 8.00. The molecule has 0 aromatic heterocycles. The summed E-state index contributed by atoms with van der Waals surface area (Å²) in [5.41, 5.74) is 3.58. The van der Waals surface area contributed by atoms with Crippen molar-refractivity contribution in [3.05, 3.63) is 65.2 Å². The Morgan fingerprint density at radius 3 is 2.68 bits per heavy atom. The van der Waals surface area contributed by atoms with Crippen LogP contribution in [0.25, 0.3) is 0 Å². The molecule has 3 nitrogen and oxygen atoms in total. The minimum absolute atomic E-state index is 0.172. The molecule has 0 amide bonds. The minimum atomic E-state index is -0.172. The first-order chi connectivity index (χ1) is 13.5. The van der Waals surface area contributed by atoms with E-state index >= 15 is 0 Å². The van der Waals surface area contributed by atoms with E-state index in [1.807, 2.05) is 6.92 Å². The van der Waals surface area contributed by atoms with E-state index in [0.717, 1.165) is 18.8 Å². The molecule has 0 saturated carbocycles. The van der Waals surface area contributed by atoms with Gasteiger partial charge in [-0.25, -0.2) is 0 Å². The Balaban J connectivity index is 1.79. The van der Waals surface area contributed by atoms with Crippen molar-refractivity contribution in [3.63, 3.8) is 0 Å². The van der Waals surface area contributed by atoms with Crippen molar-refractivity contribution in [1.29, 1.82) is 0 Å². The summed E-state index contributed by atoms with van der Waals surface area (Å²) in [6.45, 7) is 8.08. The van der Waals surface area contributed by atoms with Crippen molar-refractivity contribution in [2.75, 3.05) is 13.7 Å². The van der Waals surface area contributed by atoms with E-state index < -0.39 is 0 Å². The standard InChI is InChI=1S/C25H32N2O/c1-5-15-25(2,3)21-13-14-23(28-4)20(17-21)18-27-22-12-9-16-26-24(22)19-10-7-6-8-11-19/h6-8,10-11,13-14,17,22,24,26-27H,9,12,16,18H2,1-4H3/t22-,24-/m0/s1. The Morgan fingerprint density at radius 1 is 1.18 bits per heavy atom. The third-order valence-corrected chi connectivity index (χ3v) is 5.61. The summed E-state index contributed by atoms with van der Waals surface area (Å²) in [6.07, 6.45) is 2.36. The average molecular weight is 377 g/mol. The lowest BCUT2D eigenvalue weighted by Gasteiger charge is -2.34. The first-order valence-electron chi connectivity index (χ1n) is 10.2. The van der Waals surface area contributed by atoms with Gasteiger partial charge in [-0.1, -0.05) is 42.3 Å². The fraction of sp³-hybridized carbons (Fsp3) is 0.440. The number of rotatable bonds is 6. The third kappa shape index (κ3) is 4.76. The van der Waals surface area contributed by atoms with Crippen LogP contribution in [0, 0.1) is 11.8 Å². The lowest BCUT2D eigenvalue weighted by Crippen LogP contribution is -2.45. The molecule has 0 aliphatic carbocycles. The summed E-state index contributed by atoms with van der Waals surface area (Å²) < 4.78 is 5.63. The molecule has 1 saturated heterocycles. The van der Waals surface area contributed by atoms with Gasteiger partial charge in [0.05, 0.1) is 12.5 Å². The van der Waals surface area contributed by atoms with E-state index in [2.05, 4.69) is 84.9 Å². The predicted octanol–water partition coefficient (Wildman–Crippen LogP) is 4.58. The van der Waals surface area contributed by atoms with Crippen LogP contribution in [0.2, 0.25) is 0 Å². The van der Waals surface area contributed by atoms with Crippen molar-refractivity contribution in [3.8, 4) is 17.6 Å². The second-order valence-corrected chi connectivity index (χ2v) is 8.00. The van der Waals surface area contributed by atoms with Gasteiger partial charge in [0.25, 0.3) is 0 Å². The number of benzene rings is 2. The fourth-order valence-corrected chi connectivity index (χ4v) is 4.05. The van der Waals surface area contributed by atoms with E-state index in [-0.39, 0.29) is 5.41 Å². The van der Waals surface area contributed by atoms with Gasteiger partial charge >= 0.3 is 0 Å². The van der Waals surface area contributed by atoms with Crippen molar-refractivity contribution in [2.45, 2.75) is 57.7 Å². The van der Waals surface area contributed by atoms with Crippen LogP contribution in [0.15, 0.2) is 48.5 Å². The number of ether oxygens (including phenoxy) is 1. The van der Waals surface area contributed by atoms with Crippen LogP contribution in [-0.4, -0.2) is 19.7 Å². The molecule has 3 heteroatoms. The Hall–Kier alpha value is -2.28. The Bertz CT molecular complexity index is 833. The normalized spacial score (nSPS) is 19.6. The number of methoxy groups -OCH3 is 1. The molecule has 1 aliphatic rings. The molecule has 2 aromatic rings. The van der Waals surface area contributed by atoms with E-state index in [0.29, 0.717) is 12.1 Å². The molecular weight excluding hydrogens is 344 g/mol. The highest BCUT2D eigenvalue weighted by Gasteiger charge is 2.26. The predicted molar refractivity (Wildman–Crippen MR) is 117 cm³/mol. The largest absolute Gasteiger partial charge is 0.496 e. The van der Waals surface area contributed by atoms with E-state index in [4.69, 9.17) is 4.74 Å². The summed E-state index contributed by atoms with van der Waals surface area (Å²) in [4.78, 5) is 0. The van der Waals surface area contributed by atoms with Crippen LogP contribution < -0.4 is 15.4 Å². The maximum Gasteiger partial charge on any atom is 0.123 e. The van der Waals surface area contributed by atoms with Crippen LogP contribution >= 0.6 is 0 Å². The van der Waals surface area contributed by atoms with Gasteiger partial charge in [-0.05, 0) is 63.4 Å². The van der Waals surface area contributed by atoms with Crippen molar-refractivity contribution in [2.24, 2.45) is 0 Å². The van der Waals surface area contributed by atoms with Crippen molar-refractivity contribution >= 4 is 0 Å². The van der Waals surface area contributed by atoms with Gasteiger partial charge in [-0.3, -0.25) is 0 Å². The van der Waals surface area contributed by atoms with Crippen LogP contribution in [0.1, 0.15) is 56.3 Å². The SMILES string of the molecule is CC#CC(C)(C)c1ccc(OC)c(CN[C@H]2CCCN[C@H]2c2ccccc2)c1. The molecule has 2 aromatic carbocycles. The van der Waals surface area contributed by atoms with Gasteiger partial charge in [-0.15, -0.1) is 5.92 Å². The molecule has 3 rings (SSSR count). The fourth-order valence-electron chi connectivity index (χ4n) is 4.05. The van der Waals surface area contributed by atoms with Crippen LogP contribution in [-0.2, 0) is 12.0 Å². The maximum atomic E-state index is 5.63. The van der Waals surface area contributed by atoms with E-state index in [1.165, 1.54) is 29.5 Å². The molecule has 1 fully saturated rings. The van der Waals surface area contributed by atoms with Crippen molar-refractivity contribution < 1.29 is 4.74 Å². The molecule has 0 spiro atoms. The molecule has 1 heterocycles. The minimum Gasteiger partial charge on any atom is -0.496 e. The highest BCUT2D eigenvalue weighted by molar-refractivity contribution is 5.43. The molecule has 148 valence electrons. The van der Waals surface area contributed by atoms with Gasteiger partial charge in [-0.2, -0.15) is 0 Å². The molecule has 1 aliphatic heterocycles. The number of hydrogen-bond acceptors (Lipinski definition) is 3. The van der Waals surface area contributed by atoms with E-state index in [9.17, 15) is 0 Å². The summed E-state index contributed by atoms with van der Waals surface area (Å²) in [5.74, 6) is 7.30. The summed E-state index contributed by atoms with van der Waals surface area (Å²) in [6, 6.07) is 17.9. The quantitative estimate of drug-likeness (QED) is 0.724. The molecule has 0 bridgehead atoms. The monoisotopic (exact) mass is 376 g/mol. The Kier molecular flexibility index (Phi) is 6.78. The number of nitrogens with one attached hydrogen (secondary N) is 2. The molecular formula is C25H32N2O. The van der Waals surface area contributed by atoms with Crippen LogP contribution in [0.5, 0.6) is 5.75 Å². The first-order valence-corrected chi connectivity index (χ1v) is 10.2. The van der Waals surface area contributed by atoms with Crippen molar-refractivity contribution in [1.82, 2.24) is 10.6 Å². The van der Waals surface area contributed by atoms with E-state index in [1.54, 1.807) is 7.11 Å². The topological polar surface area (TPSA) is 33.3 Å². The zero-order valence-electron chi connectivity index (χ0n) is 17.5. The molecule has 2 N–H and O–H groups in total. The summed E-state index contributed by atoms with van der Waals surface area (Å²) in [5, 5.41) is 7.48. The average Bonchev–Trinajstić information content (AvgIpc) is 2.73. The van der Waals surface area contributed by atoms with Gasteiger partial charge < -0.3 is 15.4 Å². The van der Waals surface area contributed by atoms with Crippen LogP contribution in [0.3, 0.4) is 0 Å². The zero-order valence-corrected chi connectivity index (χ0v) is 17.5. The summed E-state index contributed by atoms with van der Waals surface area (Å²) in [7, 11) is 1.74. The second kappa shape index (κ2) is 9.28. The Morgan fingerprint density at radius 2 is 1.96 bits per heavy atom. The van der Waals surface area contributed by atoms with Crippen LogP contribution in [0.4, 0.5) is 0 Å². The third-order valence-electron chi connectivity index (χ3n) is 5.61. The number of piperidine rings is 1. The lowest BCUT2D eigenvalue weighted by atomic mass is 9.84. The first kappa shape index (κ1) is 20.5. The molecule has 0 radical (unpaired) electrons. The molecule has 0 unspecified atom stereocenters. The van der Waals surface area contributed by atoms with Gasteiger partial charge in [0.1, 0.15) is 5.75 Å². The molecule has 28 heavy (non-hydrogen) atoms. The summed E-state index contributed by atoms with van der Waals surface area (Å²) >= 11 is 0. The van der Waals surface area contributed by atoms with Gasteiger partial charge in [0, 0.05) is 24.2 Å². The van der Waals surface area contributed by atoms with Gasteiger partial charge in [0.2, 0.25) is 0 Å². The Labute approximate surface area is 169 Å². The smallest absolute Gasteiger partial charge is 0.123 e. The zero-order chi connectivity index (χ0) is 20.0. The highest BCUT2D eigenvalue weighted by atomic mass is 16.5. The molecule has 2 atom stereocenters. The highest BCUT2D eigenvalue weighted by Crippen LogP contribution is 2.29. The number of hydrogen-bond donors (Lipinski definition) is 2. The lowest BCUT2D eigenvalue weighted by molar-refractivity contribution is 0.302. The maximum absolute atomic E-state index is 5.63.